The van der Waals surface area contributed by atoms with Crippen molar-refractivity contribution in [1.82, 2.24) is 14.5 Å². The zero-order valence-corrected chi connectivity index (χ0v) is 13.6. The summed E-state index contributed by atoms with van der Waals surface area (Å²) in [5.41, 5.74) is -0.218. The van der Waals surface area contributed by atoms with Gasteiger partial charge in [0, 0.05) is 38.6 Å². The molecule has 3 rings (SSSR count). The molecule has 128 valence electrons. The molecule has 1 aliphatic heterocycles. The van der Waals surface area contributed by atoms with E-state index in [0.29, 0.717) is 25.9 Å². The number of hydrogen-bond acceptors (Lipinski definition) is 4. The summed E-state index contributed by atoms with van der Waals surface area (Å²) in [4.78, 5) is 18.2. The van der Waals surface area contributed by atoms with Gasteiger partial charge in [0.2, 0.25) is 0 Å². The van der Waals surface area contributed by atoms with Crippen molar-refractivity contribution in [2.45, 2.75) is 25.5 Å². The van der Waals surface area contributed by atoms with E-state index in [1.807, 2.05) is 41.1 Å². The number of carboxylic acid groups (broad SMARTS) is 1. The largest absolute Gasteiger partial charge is 0.481 e. The Morgan fingerprint density at radius 2 is 2.08 bits per heavy atom. The number of carboxylic acids is 1. The van der Waals surface area contributed by atoms with E-state index < -0.39 is 17.5 Å². The number of aliphatic hydroxyl groups excluding tert-OH is 1. The summed E-state index contributed by atoms with van der Waals surface area (Å²) in [6.07, 6.45) is 5.37. The molecular formula is C18H23N3O3. The molecule has 1 fully saturated rings. The standard InChI is InChI=1S/C18H23N3O3/c22-16-6-8-20(10-11-21-9-7-19-14-21)13-18(16,17(23)24)12-15-4-2-1-3-5-15/h1-5,7,9,14,16,22H,6,8,10-13H2,(H,23,24)/t16-,18-/m1/s1. The summed E-state index contributed by atoms with van der Waals surface area (Å²) >= 11 is 0. The second kappa shape index (κ2) is 7.15. The molecule has 1 saturated heterocycles. The molecule has 0 bridgehead atoms. The van der Waals surface area contributed by atoms with Crippen LogP contribution in [0.25, 0.3) is 0 Å². The van der Waals surface area contributed by atoms with Gasteiger partial charge in [0.25, 0.3) is 0 Å². The van der Waals surface area contributed by atoms with E-state index in [1.165, 1.54) is 0 Å². The number of nitrogens with zero attached hydrogens (tertiary/aromatic N) is 3. The average Bonchev–Trinajstić information content (AvgIpc) is 3.10. The van der Waals surface area contributed by atoms with Crippen LogP contribution in [0.15, 0.2) is 49.1 Å². The lowest BCUT2D eigenvalue weighted by Gasteiger charge is -2.43. The SMILES string of the molecule is O=C(O)[C@]1(Cc2ccccc2)CN(CCn2ccnc2)CC[C@H]1O. The van der Waals surface area contributed by atoms with E-state index in [9.17, 15) is 15.0 Å². The van der Waals surface area contributed by atoms with Crippen LogP contribution in [-0.2, 0) is 17.8 Å². The van der Waals surface area contributed by atoms with Crippen molar-refractivity contribution < 1.29 is 15.0 Å². The van der Waals surface area contributed by atoms with Gasteiger partial charge in [-0.2, -0.15) is 0 Å². The fourth-order valence-electron chi connectivity index (χ4n) is 3.45. The molecule has 24 heavy (non-hydrogen) atoms. The van der Waals surface area contributed by atoms with Gasteiger partial charge in [-0.15, -0.1) is 0 Å². The lowest BCUT2D eigenvalue weighted by Crippen LogP contribution is -2.57. The molecule has 0 saturated carbocycles. The van der Waals surface area contributed by atoms with Gasteiger partial charge in [-0.1, -0.05) is 30.3 Å². The number of aliphatic hydroxyl groups is 1. The summed E-state index contributed by atoms with van der Waals surface area (Å²) in [5.74, 6) is -0.925. The second-order valence-corrected chi connectivity index (χ2v) is 6.50. The van der Waals surface area contributed by atoms with Crippen LogP contribution in [0.4, 0.5) is 0 Å². The van der Waals surface area contributed by atoms with E-state index in [2.05, 4.69) is 9.88 Å². The highest BCUT2D eigenvalue weighted by Gasteiger charge is 2.49. The number of aliphatic carboxylic acids is 1. The first-order chi connectivity index (χ1) is 11.6. The quantitative estimate of drug-likeness (QED) is 0.834. The average molecular weight is 329 g/mol. The number of imidazole rings is 1. The third-order valence-corrected chi connectivity index (χ3v) is 4.88. The van der Waals surface area contributed by atoms with Gasteiger partial charge in [-0.25, -0.2) is 4.98 Å². The maximum Gasteiger partial charge on any atom is 0.313 e. The summed E-state index contributed by atoms with van der Waals surface area (Å²) in [7, 11) is 0. The predicted molar refractivity (Wildman–Crippen MR) is 89.5 cm³/mol. The zero-order valence-electron chi connectivity index (χ0n) is 13.6. The first-order valence-electron chi connectivity index (χ1n) is 8.24. The molecule has 2 heterocycles. The molecule has 2 atom stereocenters. The Morgan fingerprint density at radius 3 is 2.75 bits per heavy atom. The third-order valence-electron chi connectivity index (χ3n) is 4.88. The molecule has 0 unspecified atom stereocenters. The van der Waals surface area contributed by atoms with Crippen LogP contribution in [0, 0.1) is 5.41 Å². The number of aromatic nitrogens is 2. The van der Waals surface area contributed by atoms with Crippen LogP contribution in [0.2, 0.25) is 0 Å². The lowest BCUT2D eigenvalue weighted by molar-refractivity contribution is -0.163. The zero-order chi connectivity index (χ0) is 17.0. The van der Waals surface area contributed by atoms with Gasteiger partial charge in [-0.3, -0.25) is 4.79 Å². The Morgan fingerprint density at radius 1 is 1.29 bits per heavy atom. The Bertz CT molecular complexity index is 659. The molecule has 2 aromatic rings. The minimum absolute atomic E-state index is 0.339. The lowest BCUT2D eigenvalue weighted by atomic mass is 9.73. The van der Waals surface area contributed by atoms with E-state index in [4.69, 9.17) is 0 Å². The van der Waals surface area contributed by atoms with E-state index in [1.54, 1.807) is 12.5 Å². The summed E-state index contributed by atoms with van der Waals surface area (Å²) in [6.45, 7) is 2.57. The van der Waals surface area contributed by atoms with Crippen molar-refractivity contribution in [1.29, 1.82) is 0 Å². The number of likely N-dealkylation sites (tertiary alicyclic amines) is 1. The number of hydrogen-bond donors (Lipinski definition) is 2. The molecule has 1 aliphatic rings. The van der Waals surface area contributed by atoms with Crippen molar-refractivity contribution >= 4 is 5.97 Å². The van der Waals surface area contributed by atoms with Gasteiger partial charge in [0.1, 0.15) is 5.41 Å². The van der Waals surface area contributed by atoms with Crippen LogP contribution in [0.1, 0.15) is 12.0 Å². The Labute approximate surface area is 141 Å². The smallest absolute Gasteiger partial charge is 0.313 e. The number of rotatable bonds is 6. The molecule has 0 aliphatic carbocycles. The Balaban J connectivity index is 1.74. The molecule has 6 heteroatoms. The summed E-state index contributed by atoms with van der Waals surface area (Å²) < 4.78 is 1.98. The normalized spacial score (nSPS) is 24.8. The van der Waals surface area contributed by atoms with Crippen LogP contribution in [0.3, 0.4) is 0 Å². The highest BCUT2D eigenvalue weighted by atomic mass is 16.4. The molecular weight excluding hydrogens is 306 g/mol. The van der Waals surface area contributed by atoms with Crippen molar-refractivity contribution in [3.05, 3.63) is 54.6 Å². The Kier molecular flexibility index (Phi) is 4.97. The minimum Gasteiger partial charge on any atom is -0.481 e. The van der Waals surface area contributed by atoms with E-state index in [-0.39, 0.29) is 0 Å². The van der Waals surface area contributed by atoms with Gasteiger partial charge >= 0.3 is 5.97 Å². The van der Waals surface area contributed by atoms with Gasteiger partial charge in [0.15, 0.2) is 0 Å². The topological polar surface area (TPSA) is 78.6 Å². The number of piperidine rings is 1. The minimum atomic E-state index is -1.16. The highest BCUT2D eigenvalue weighted by molar-refractivity contribution is 5.76. The van der Waals surface area contributed by atoms with E-state index >= 15 is 0 Å². The van der Waals surface area contributed by atoms with Gasteiger partial charge in [0.05, 0.1) is 12.4 Å². The molecule has 6 nitrogen and oxygen atoms in total. The Hall–Kier alpha value is -2.18. The van der Waals surface area contributed by atoms with E-state index in [0.717, 1.165) is 18.7 Å². The second-order valence-electron chi connectivity index (χ2n) is 6.50. The fourth-order valence-corrected chi connectivity index (χ4v) is 3.45. The molecule has 0 spiro atoms. The number of benzene rings is 1. The van der Waals surface area contributed by atoms with Crippen molar-refractivity contribution in [3.63, 3.8) is 0 Å². The molecule has 0 radical (unpaired) electrons. The molecule has 1 aromatic carbocycles. The van der Waals surface area contributed by atoms with Gasteiger partial charge in [-0.05, 0) is 18.4 Å². The molecule has 2 N–H and O–H groups in total. The maximum absolute atomic E-state index is 12.1. The predicted octanol–water partition coefficient (Wildman–Crippen LogP) is 1.26. The van der Waals surface area contributed by atoms with Crippen LogP contribution >= 0.6 is 0 Å². The van der Waals surface area contributed by atoms with Crippen LogP contribution in [0.5, 0.6) is 0 Å². The number of carbonyl (C=O) groups is 1. The first kappa shape index (κ1) is 16.7. The van der Waals surface area contributed by atoms with Crippen LogP contribution < -0.4 is 0 Å². The van der Waals surface area contributed by atoms with Crippen molar-refractivity contribution in [3.8, 4) is 0 Å². The third kappa shape index (κ3) is 3.49. The fraction of sp³-hybridized carbons (Fsp3) is 0.444. The van der Waals surface area contributed by atoms with Gasteiger partial charge < -0.3 is 19.7 Å². The summed E-state index contributed by atoms with van der Waals surface area (Å²) in [5, 5.41) is 20.4. The van der Waals surface area contributed by atoms with Crippen LogP contribution in [-0.4, -0.2) is 56.4 Å². The first-order valence-corrected chi connectivity index (χ1v) is 8.24. The molecule has 1 aromatic heterocycles. The van der Waals surface area contributed by atoms with Crippen molar-refractivity contribution in [2.24, 2.45) is 5.41 Å². The molecule has 0 amide bonds. The monoisotopic (exact) mass is 329 g/mol. The highest BCUT2D eigenvalue weighted by Crippen LogP contribution is 2.34. The summed E-state index contributed by atoms with van der Waals surface area (Å²) in [6, 6.07) is 9.54. The maximum atomic E-state index is 12.1. The van der Waals surface area contributed by atoms with Crippen molar-refractivity contribution in [2.75, 3.05) is 19.6 Å².